The summed E-state index contributed by atoms with van der Waals surface area (Å²) < 4.78 is 0. The van der Waals surface area contributed by atoms with E-state index in [4.69, 9.17) is 23.2 Å². The van der Waals surface area contributed by atoms with Crippen molar-refractivity contribution in [3.05, 3.63) is 69.7 Å². The molecule has 1 unspecified atom stereocenters. The van der Waals surface area contributed by atoms with Crippen LogP contribution in [-0.2, 0) is 12.8 Å². The van der Waals surface area contributed by atoms with Crippen molar-refractivity contribution in [2.45, 2.75) is 18.9 Å². The maximum Gasteiger partial charge on any atom is 0.0439 e. The maximum absolute atomic E-state index is 6.21. The number of halogens is 2. The van der Waals surface area contributed by atoms with Gasteiger partial charge in [-0.15, -0.1) is 0 Å². The first kappa shape index (κ1) is 14.4. The molecule has 0 saturated carbocycles. The lowest BCUT2D eigenvalue weighted by atomic mass is 9.99. The van der Waals surface area contributed by atoms with Crippen LogP contribution in [0.1, 0.15) is 11.1 Å². The standard InChI is InChI=1S/C16H17Cl2N/c1-19-15(9-12-5-3-2-4-6-12)11-13-10-14(17)7-8-16(13)18/h2-8,10,15,19H,9,11H2,1H3. The molecule has 1 N–H and O–H groups in total. The Morgan fingerprint density at radius 1 is 1.00 bits per heavy atom. The summed E-state index contributed by atoms with van der Waals surface area (Å²) in [6.07, 6.45) is 1.84. The third kappa shape index (κ3) is 4.24. The minimum Gasteiger partial charge on any atom is -0.316 e. The molecule has 0 aliphatic carbocycles. The van der Waals surface area contributed by atoms with Gasteiger partial charge >= 0.3 is 0 Å². The number of likely N-dealkylation sites (N-methyl/N-ethyl adjacent to an activating group) is 1. The van der Waals surface area contributed by atoms with Crippen molar-refractivity contribution in [1.29, 1.82) is 0 Å². The van der Waals surface area contributed by atoms with E-state index in [1.807, 2.05) is 31.3 Å². The van der Waals surface area contributed by atoms with Crippen LogP contribution in [0, 0.1) is 0 Å². The molecule has 0 bridgehead atoms. The highest BCUT2D eigenvalue weighted by Crippen LogP contribution is 2.22. The predicted molar refractivity (Wildman–Crippen MR) is 83.2 cm³/mol. The zero-order valence-electron chi connectivity index (χ0n) is 10.9. The van der Waals surface area contributed by atoms with Crippen LogP contribution >= 0.6 is 23.2 Å². The van der Waals surface area contributed by atoms with E-state index in [-0.39, 0.29) is 0 Å². The number of hydrogen-bond acceptors (Lipinski definition) is 1. The SMILES string of the molecule is CNC(Cc1ccccc1)Cc1cc(Cl)ccc1Cl. The van der Waals surface area contributed by atoms with E-state index in [9.17, 15) is 0 Å². The molecule has 2 aromatic carbocycles. The molecular weight excluding hydrogens is 277 g/mol. The van der Waals surface area contributed by atoms with Crippen LogP contribution in [0.15, 0.2) is 48.5 Å². The first-order chi connectivity index (χ1) is 9.19. The van der Waals surface area contributed by atoms with Gasteiger partial charge < -0.3 is 5.32 Å². The Morgan fingerprint density at radius 2 is 1.74 bits per heavy atom. The fourth-order valence-corrected chi connectivity index (χ4v) is 2.53. The molecule has 0 radical (unpaired) electrons. The monoisotopic (exact) mass is 293 g/mol. The molecule has 0 heterocycles. The fraction of sp³-hybridized carbons (Fsp3) is 0.250. The quantitative estimate of drug-likeness (QED) is 0.863. The summed E-state index contributed by atoms with van der Waals surface area (Å²) in [6.45, 7) is 0. The number of hydrogen-bond donors (Lipinski definition) is 1. The van der Waals surface area contributed by atoms with Gasteiger partial charge in [0.15, 0.2) is 0 Å². The van der Waals surface area contributed by atoms with Gasteiger partial charge in [0.1, 0.15) is 0 Å². The van der Waals surface area contributed by atoms with E-state index in [2.05, 4.69) is 29.6 Å². The Kier molecular flexibility index (Phi) is 5.26. The molecule has 1 nitrogen and oxygen atoms in total. The molecule has 0 aliphatic rings. The Morgan fingerprint density at radius 3 is 2.42 bits per heavy atom. The van der Waals surface area contributed by atoms with E-state index in [1.165, 1.54) is 5.56 Å². The zero-order valence-corrected chi connectivity index (χ0v) is 12.4. The van der Waals surface area contributed by atoms with Crippen molar-refractivity contribution in [3.8, 4) is 0 Å². The Balaban J connectivity index is 2.09. The van der Waals surface area contributed by atoms with E-state index in [0.717, 1.165) is 28.5 Å². The van der Waals surface area contributed by atoms with Crippen LogP contribution in [0.5, 0.6) is 0 Å². The van der Waals surface area contributed by atoms with Crippen LogP contribution in [0.3, 0.4) is 0 Å². The first-order valence-corrected chi connectivity index (χ1v) is 7.09. The largest absolute Gasteiger partial charge is 0.316 e. The normalized spacial score (nSPS) is 12.4. The van der Waals surface area contributed by atoms with Crippen molar-refractivity contribution in [2.24, 2.45) is 0 Å². The summed E-state index contributed by atoms with van der Waals surface area (Å²) in [5.41, 5.74) is 2.41. The molecule has 19 heavy (non-hydrogen) atoms. The summed E-state index contributed by atoms with van der Waals surface area (Å²) in [5.74, 6) is 0. The molecule has 0 aliphatic heterocycles. The van der Waals surface area contributed by atoms with Gasteiger partial charge in [0, 0.05) is 16.1 Å². The van der Waals surface area contributed by atoms with Gasteiger partial charge in [-0.05, 0) is 49.2 Å². The molecule has 0 aromatic heterocycles. The van der Waals surface area contributed by atoms with Gasteiger partial charge in [-0.2, -0.15) is 0 Å². The smallest absolute Gasteiger partial charge is 0.0439 e. The summed E-state index contributed by atoms with van der Waals surface area (Å²) in [5, 5.41) is 4.85. The van der Waals surface area contributed by atoms with Crippen molar-refractivity contribution in [2.75, 3.05) is 7.05 Å². The van der Waals surface area contributed by atoms with Gasteiger partial charge in [-0.1, -0.05) is 53.5 Å². The Bertz CT molecular complexity index is 526. The summed E-state index contributed by atoms with van der Waals surface area (Å²) in [4.78, 5) is 0. The Hall–Kier alpha value is -1.02. The van der Waals surface area contributed by atoms with Crippen molar-refractivity contribution < 1.29 is 0 Å². The lowest BCUT2D eigenvalue weighted by Gasteiger charge is -2.17. The molecule has 100 valence electrons. The van der Waals surface area contributed by atoms with E-state index < -0.39 is 0 Å². The van der Waals surface area contributed by atoms with Crippen LogP contribution in [0.2, 0.25) is 10.0 Å². The zero-order chi connectivity index (χ0) is 13.7. The molecule has 2 aromatic rings. The molecule has 1 atom stereocenters. The first-order valence-electron chi connectivity index (χ1n) is 6.34. The van der Waals surface area contributed by atoms with E-state index >= 15 is 0 Å². The average Bonchev–Trinajstić information content (AvgIpc) is 2.43. The van der Waals surface area contributed by atoms with Gasteiger partial charge in [-0.3, -0.25) is 0 Å². The molecule has 0 fully saturated rings. The summed E-state index contributed by atoms with van der Waals surface area (Å²) in [6, 6.07) is 16.4. The highest BCUT2D eigenvalue weighted by molar-refractivity contribution is 6.33. The van der Waals surface area contributed by atoms with E-state index in [0.29, 0.717) is 6.04 Å². The number of benzene rings is 2. The lowest BCUT2D eigenvalue weighted by Crippen LogP contribution is -2.30. The summed E-state index contributed by atoms with van der Waals surface area (Å²) in [7, 11) is 1.98. The molecule has 3 heteroatoms. The molecule has 0 spiro atoms. The third-order valence-corrected chi connectivity index (χ3v) is 3.81. The molecular formula is C16H17Cl2N. The topological polar surface area (TPSA) is 12.0 Å². The van der Waals surface area contributed by atoms with E-state index in [1.54, 1.807) is 0 Å². The van der Waals surface area contributed by atoms with Gasteiger partial charge in [0.05, 0.1) is 0 Å². The molecule has 2 rings (SSSR count). The average molecular weight is 294 g/mol. The van der Waals surface area contributed by atoms with Crippen molar-refractivity contribution in [3.63, 3.8) is 0 Å². The van der Waals surface area contributed by atoms with Crippen LogP contribution in [0.4, 0.5) is 0 Å². The fourth-order valence-electron chi connectivity index (χ4n) is 2.14. The van der Waals surface area contributed by atoms with Crippen LogP contribution < -0.4 is 5.32 Å². The molecule has 0 amide bonds. The molecule has 0 saturated heterocycles. The minimum atomic E-state index is 0.346. The predicted octanol–water partition coefficient (Wildman–Crippen LogP) is 4.37. The minimum absolute atomic E-state index is 0.346. The number of nitrogens with one attached hydrogen (secondary N) is 1. The summed E-state index contributed by atoms with van der Waals surface area (Å²) >= 11 is 12.2. The third-order valence-electron chi connectivity index (χ3n) is 3.21. The second-order valence-electron chi connectivity index (χ2n) is 4.62. The Labute approximate surface area is 124 Å². The lowest BCUT2D eigenvalue weighted by molar-refractivity contribution is 0.556. The highest BCUT2D eigenvalue weighted by atomic mass is 35.5. The number of rotatable bonds is 5. The second kappa shape index (κ2) is 6.95. The second-order valence-corrected chi connectivity index (χ2v) is 5.46. The van der Waals surface area contributed by atoms with Crippen molar-refractivity contribution in [1.82, 2.24) is 5.32 Å². The van der Waals surface area contributed by atoms with Crippen molar-refractivity contribution >= 4 is 23.2 Å². The maximum atomic E-state index is 6.21. The van der Waals surface area contributed by atoms with Crippen LogP contribution in [0.25, 0.3) is 0 Å². The van der Waals surface area contributed by atoms with Gasteiger partial charge in [0.25, 0.3) is 0 Å². The highest BCUT2D eigenvalue weighted by Gasteiger charge is 2.11. The van der Waals surface area contributed by atoms with Gasteiger partial charge in [-0.25, -0.2) is 0 Å². The van der Waals surface area contributed by atoms with Gasteiger partial charge in [0.2, 0.25) is 0 Å². The van der Waals surface area contributed by atoms with Crippen LogP contribution in [-0.4, -0.2) is 13.1 Å².